The Morgan fingerprint density at radius 1 is 1.10 bits per heavy atom. The maximum atomic E-state index is 12.9. The quantitative estimate of drug-likeness (QED) is 0.521. The van der Waals surface area contributed by atoms with E-state index in [4.69, 9.17) is 9.47 Å². The van der Waals surface area contributed by atoms with E-state index in [0.717, 1.165) is 11.3 Å². The Balaban J connectivity index is 1.60. The molecule has 1 aliphatic rings. The van der Waals surface area contributed by atoms with Crippen LogP contribution in [0.2, 0.25) is 0 Å². The van der Waals surface area contributed by atoms with Gasteiger partial charge in [-0.25, -0.2) is 0 Å². The maximum Gasteiger partial charge on any atom is 0.242 e. The first-order valence-electron chi connectivity index (χ1n) is 10.2. The molecule has 7 nitrogen and oxygen atoms in total. The van der Waals surface area contributed by atoms with Crippen LogP contribution in [0.5, 0.6) is 11.5 Å². The zero-order valence-electron chi connectivity index (χ0n) is 17.7. The molecule has 0 bridgehead atoms. The van der Waals surface area contributed by atoms with Gasteiger partial charge in [-0.1, -0.05) is 36.4 Å². The van der Waals surface area contributed by atoms with E-state index >= 15 is 0 Å². The summed E-state index contributed by atoms with van der Waals surface area (Å²) in [7, 11) is 0. The number of carbonyl (C=O) groups excluding carboxylic acids is 2. The Kier molecular flexibility index (Phi) is 8.20. The van der Waals surface area contributed by atoms with Gasteiger partial charge in [0.05, 0.1) is 18.6 Å². The van der Waals surface area contributed by atoms with Crippen LogP contribution in [-0.2, 0) is 16.0 Å². The van der Waals surface area contributed by atoms with Gasteiger partial charge in [-0.05, 0) is 48.6 Å². The third-order valence-electron chi connectivity index (χ3n) is 5.05. The molecule has 0 fully saturated rings. The molecule has 0 aliphatic carbocycles. The first-order valence-corrected chi connectivity index (χ1v) is 11.6. The molecule has 0 saturated carbocycles. The monoisotopic (exact) mass is 444 g/mol. The van der Waals surface area contributed by atoms with Crippen molar-refractivity contribution >= 4 is 23.6 Å². The molecule has 2 aromatic rings. The van der Waals surface area contributed by atoms with Gasteiger partial charge in [0.15, 0.2) is 11.5 Å². The minimum atomic E-state index is -0.931. The predicted octanol–water partition coefficient (Wildman–Crippen LogP) is 2.43. The van der Waals surface area contributed by atoms with Gasteiger partial charge < -0.3 is 25.2 Å². The molecule has 31 heavy (non-hydrogen) atoms. The fourth-order valence-electron chi connectivity index (χ4n) is 3.32. The van der Waals surface area contributed by atoms with Crippen LogP contribution in [-0.4, -0.2) is 47.8 Å². The maximum absolute atomic E-state index is 12.9. The van der Waals surface area contributed by atoms with Gasteiger partial charge in [-0.15, -0.1) is 0 Å². The van der Waals surface area contributed by atoms with Crippen molar-refractivity contribution in [1.82, 2.24) is 10.6 Å². The summed E-state index contributed by atoms with van der Waals surface area (Å²) in [4.78, 5) is 25.3. The molecule has 1 aliphatic heterocycles. The number of benzene rings is 2. The van der Waals surface area contributed by atoms with Crippen molar-refractivity contribution in [3.8, 4) is 11.5 Å². The van der Waals surface area contributed by atoms with Gasteiger partial charge in [0, 0.05) is 0 Å². The second-order valence-electron chi connectivity index (χ2n) is 7.42. The smallest absolute Gasteiger partial charge is 0.242 e. The first kappa shape index (κ1) is 23.0. The second kappa shape index (κ2) is 11.1. The molecule has 0 saturated heterocycles. The van der Waals surface area contributed by atoms with Crippen molar-refractivity contribution in [1.29, 1.82) is 0 Å². The zero-order valence-corrected chi connectivity index (χ0v) is 18.5. The molecule has 1 unspecified atom stereocenters. The molecule has 1 heterocycles. The number of rotatable bonds is 10. The summed E-state index contributed by atoms with van der Waals surface area (Å²) in [5.41, 5.74) is 1.50. The number of amides is 2. The fraction of sp³-hybridized carbons (Fsp3) is 0.391. The molecule has 0 aromatic heterocycles. The van der Waals surface area contributed by atoms with Crippen LogP contribution in [0.4, 0.5) is 0 Å². The fourth-order valence-corrected chi connectivity index (χ4v) is 3.79. The SMILES string of the molecule is CSCCC(NC(=O)Cc1ccccc1)C(=O)N[C@@H](C)[C@H](O)c1ccc2c(c1)OCO2. The molecule has 0 radical (unpaired) electrons. The predicted molar refractivity (Wildman–Crippen MR) is 120 cm³/mol. The van der Waals surface area contributed by atoms with Crippen molar-refractivity contribution in [2.75, 3.05) is 18.8 Å². The van der Waals surface area contributed by atoms with E-state index in [9.17, 15) is 14.7 Å². The van der Waals surface area contributed by atoms with Gasteiger partial charge in [-0.2, -0.15) is 11.8 Å². The third-order valence-corrected chi connectivity index (χ3v) is 5.70. The van der Waals surface area contributed by atoms with Gasteiger partial charge in [0.25, 0.3) is 0 Å². The largest absolute Gasteiger partial charge is 0.454 e. The Hall–Kier alpha value is -2.71. The number of hydrogen-bond acceptors (Lipinski definition) is 6. The van der Waals surface area contributed by atoms with E-state index in [0.29, 0.717) is 23.5 Å². The highest BCUT2D eigenvalue weighted by atomic mass is 32.2. The van der Waals surface area contributed by atoms with E-state index < -0.39 is 18.2 Å². The topological polar surface area (TPSA) is 96.9 Å². The van der Waals surface area contributed by atoms with Crippen molar-refractivity contribution in [2.45, 2.75) is 38.0 Å². The molecule has 3 rings (SSSR count). The third kappa shape index (κ3) is 6.38. The summed E-state index contributed by atoms with van der Waals surface area (Å²) in [6.07, 6.45) is 1.73. The van der Waals surface area contributed by atoms with Gasteiger partial charge in [-0.3, -0.25) is 9.59 Å². The lowest BCUT2D eigenvalue weighted by Gasteiger charge is -2.24. The summed E-state index contributed by atoms with van der Waals surface area (Å²) < 4.78 is 10.6. The summed E-state index contributed by atoms with van der Waals surface area (Å²) in [5, 5.41) is 16.4. The van der Waals surface area contributed by atoms with E-state index in [1.807, 2.05) is 36.6 Å². The molecule has 0 spiro atoms. The highest BCUT2D eigenvalue weighted by Crippen LogP contribution is 2.34. The number of fused-ring (bicyclic) bond motifs is 1. The van der Waals surface area contributed by atoms with Crippen LogP contribution in [0, 0.1) is 0 Å². The molecule has 3 atom stereocenters. The number of carbonyl (C=O) groups is 2. The number of aliphatic hydroxyl groups excluding tert-OH is 1. The Bertz CT molecular complexity index is 893. The van der Waals surface area contributed by atoms with Crippen LogP contribution in [0.25, 0.3) is 0 Å². The average Bonchev–Trinajstić information content (AvgIpc) is 3.24. The first-order chi connectivity index (χ1) is 15.0. The van der Waals surface area contributed by atoms with Gasteiger partial charge in [0.2, 0.25) is 18.6 Å². The number of thioether (sulfide) groups is 1. The summed E-state index contributed by atoms with van der Waals surface area (Å²) in [5.74, 6) is 1.40. The number of aliphatic hydroxyl groups is 1. The highest BCUT2D eigenvalue weighted by Gasteiger charge is 2.26. The highest BCUT2D eigenvalue weighted by molar-refractivity contribution is 7.98. The van der Waals surface area contributed by atoms with E-state index in [1.54, 1.807) is 36.9 Å². The molecular weight excluding hydrogens is 416 g/mol. The van der Waals surface area contributed by atoms with Crippen LogP contribution in [0.3, 0.4) is 0 Å². The van der Waals surface area contributed by atoms with Crippen LogP contribution < -0.4 is 20.1 Å². The van der Waals surface area contributed by atoms with Gasteiger partial charge in [0.1, 0.15) is 6.04 Å². The Morgan fingerprint density at radius 3 is 2.58 bits per heavy atom. The van der Waals surface area contributed by atoms with E-state index in [2.05, 4.69) is 10.6 Å². The number of ether oxygens (including phenoxy) is 2. The molecule has 166 valence electrons. The molecule has 3 N–H and O–H groups in total. The molecular formula is C23H28N2O5S. The molecule has 8 heteroatoms. The van der Waals surface area contributed by atoms with Crippen molar-refractivity contribution in [3.63, 3.8) is 0 Å². The standard InChI is InChI=1S/C23H28N2O5S/c1-15(22(27)17-8-9-19-20(13-17)30-14-29-19)24-23(28)18(10-11-31-2)25-21(26)12-16-6-4-3-5-7-16/h3-9,13,15,18,22,27H,10-12,14H2,1-2H3,(H,24,28)(H,25,26)/t15-,18?,22-/m0/s1. The summed E-state index contributed by atoms with van der Waals surface area (Å²) in [6.45, 7) is 1.88. The zero-order chi connectivity index (χ0) is 22.2. The van der Waals surface area contributed by atoms with Crippen molar-refractivity contribution in [3.05, 3.63) is 59.7 Å². The number of hydrogen-bond donors (Lipinski definition) is 3. The second-order valence-corrected chi connectivity index (χ2v) is 8.40. The van der Waals surface area contributed by atoms with Gasteiger partial charge >= 0.3 is 0 Å². The summed E-state index contributed by atoms with van der Waals surface area (Å²) >= 11 is 1.61. The molecule has 2 aromatic carbocycles. The normalized spacial score (nSPS) is 15.1. The Labute approximate surface area is 186 Å². The number of nitrogens with one attached hydrogen (secondary N) is 2. The minimum Gasteiger partial charge on any atom is -0.454 e. The van der Waals surface area contributed by atoms with Crippen LogP contribution in [0.15, 0.2) is 48.5 Å². The average molecular weight is 445 g/mol. The van der Waals surface area contributed by atoms with Crippen molar-refractivity contribution in [2.24, 2.45) is 0 Å². The van der Waals surface area contributed by atoms with Crippen LogP contribution >= 0.6 is 11.8 Å². The lowest BCUT2D eigenvalue weighted by molar-refractivity contribution is -0.129. The summed E-state index contributed by atoms with van der Waals surface area (Å²) in [6, 6.07) is 13.4. The van der Waals surface area contributed by atoms with Crippen LogP contribution in [0.1, 0.15) is 30.6 Å². The lowest BCUT2D eigenvalue weighted by atomic mass is 10.0. The molecule has 2 amide bonds. The Morgan fingerprint density at radius 2 is 1.84 bits per heavy atom. The van der Waals surface area contributed by atoms with E-state index in [-0.39, 0.29) is 25.0 Å². The minimum absolute atomic E-state index is 0.154. The van der Waals surface area contributed by atoms with E-state index in [1.165, 1.54) is 0 Å². The van der Waals surface area contributed by atoms with Crippen molar-refractivity contribution < 1.29 is 24.2 Å². The lowest BCUT2D eigenvalue weighted by Crippen LogP contribution is -2.50.